The molecule has 0 aromatic carbocycles. The van der Waals surface area contributed by atoms with Gasteiger partial charge in [0.05, 0.1) is 5.41 Å². The Morgan fingerprint density at radius 2 is 2.10 bits per heavy atom. The Morgan fingerprint density at radius 3 is 2.20 bits per heavy atom. The molecule has 0 rings (SSSR count). The van der Waals surface area contributed by atoms with E-state index in [0.717, 1.165) is 0 Å². The van der Waals surface area contributed by atoms with Crippen LogP contribution in [-0.4, -0.2) is 17.4 Å². The quantitative estimate of drug-likeness (QED) is 0.252. The third-order valence-electron chi connectivity index (χ3n) is 1.69. The van der Waals surface area contributed by atoms with E-state index in [1.54, 1.807) is 13.8 Å². The van der Waals surface area contributed by atoms with Crippen LogP contribution < -0.4 is 0 Å². The van der Waals surface area contributed by atoms with E-state index in [1.807, 2.05) is 6.92 Å². The number of carbonyl (C=O) groups is 1. The van der Waals surface area contributed by atoms with E-state index in [4.69, 9.17) is 0 Å². The van der Waals surface area contributed by atoms with Gasteiger partial charge in [0.15, 0.2) is 0 Å². The Bertz CT molecular complexity index is 161. The number of carbonyl (C=O) groups excluding carboxylic acids is 1. The smallest absolute Gasteiger partial charge is 0.403 e. The van der Waals surface area contributed by atoms with Gasteiger partial charge in [-0.1, -0.05) is 6.92 Å². The van der Waals surface area contributed by atoms with Gasteiger partial charge in [-0.25, -0.2) is 4.79 Å². The predicted octanol–water partition coefficient (Wildman–Crippen LogP) is 1.16. The number of amides is 1. The van der Waals surface area contributed by atoms with Gasteiger partial charge in [0, 0.05) is 0 Å². The molecule has 0 unspecified atom stereocenters. The molecule has 0 aliphatic heterocycles. The minimum Gasteiger partial charge on any atom is -0.617 e. The average Bonchev–Trinajstić information content (AvgIpc) is 1.86. The number of hydrogen-bond acceptors (Lipinski definition) is 2. The van der Waals surface area contributed by atoms with Gasteiger partial charge in [0.1, 0.15) is 6.72 Å². The van der Waals surface area contributed by atoms with Gasteiger partial charge in [-0.2, -0.15) is 0 Å². The molecule has 1 amide bonds. The van der Waals surface area contributed by atoms with Gasteiger partial charge in [-0.15, -0.1) is 4.74 Å². The molecule has 3 nitrogen and oxygen atoms in total. The van der Waals surface area contributed by atoms with Crippen LogP contribution in [0, 0.1) is 10.6 Å². The predicted molar refractivity (Wildman–Crippen MR) is 39.8 cm³/mol. The highest BCUT2D eigenvalue weighted by atomic mass is 16.5. The first kappa shape index (κ1) is 9.14. The van der Waals surface area contributed by atoms with Crippen molar-refractivity contribution in [3.63, 3.8) is 0 Å². The molecular weight excluding hydrogens is 130 g/mol. The zero-order valence-electron chi connectivity index (χ0n) is 6.68. The van der Waals surface area contributed by atoms with E-state index in [9.17, 15) is 10.0 Å². The summed E-state index contributed by atoms with van der Waals surface area (Å²) in [5, 5.41) is 10.4. The average molecular weight is 143 g/mol. The molecule has 0 bridgehead atoms. The second-order valence-electron chi connectivity index (χ2n) is 2.92. The van der Waals surface area contributed by atoms with Crippen molar-refractivity contribution in [1.29, 1.82) is 0 Å². The number of nitrogens with zero attached hydrogens (tertiary/aromatic N) is 1. The van der Waals surface area contributed by atoms with Gasteiger partial charge in [-0.3, -0.25) is 0 Å². The highest BCUT2D eigenvalue weighted by molar-refractivity contribution is 5.75. The molecule has 3 heteroatoms. The van der Waals surface area contributed by atoms with Gasteiger partial charge < -0.3 is 5.21 Å². The first-order chi connectivity index (χ1) is 4.41. The van der Waals surface area contributed by atoms with E-state index >= 15 is 0 Å². The van der Waals surface area contributed by atoms with Crippen molar-refractivity contribution in [2.45, 2.75) is 27.2 Å². The molecule has 0 aromatic heterocycles. The maximum Gasteiger partial charge on any atom is 0.403 e. The summed E-state index contributed by atoms with van der Waals surface area (Å²) in [6.07, 6.45) is 0.653. The van der Waals surface area contributed by atoms with Crippen LogP contribution in [0.15, 0.2) is 0 Å². The fourth-order valence-corrected chi connectivity index (χ4v) is 0.489. The monoisotopic (exact) mass is 143 g/mol. The highest BCUT2D eigenvalue weighted by Crippen LogP contribution is 2.20. The summed E-state index contributed by atoms with van der Waals surface area (Å²) in [6, 6.07) is 0. The van der Waals surface area contributed by atoms with E-state index in [0.29, 0.717) is 6.42 Å². The Morgan fingerprint density at radius 1 is 1.70 bits per heavy atom. The Hall–Kier alpha value is -0.860. The summed E-state index contributed by atoms with van der Waals surface area (Å²) in [7, 11) is 0. The minimum atomic E-state index is -0.566. The van der Waals surface area contributed by atoms with Crippen molar-refractivity contribution in [2.75, 3.05) is 0 Å². The second kappa shape index (κ2) is 2.82. The van der Waals surface area contributed by atoms with Gasteiger partial charge in [-0.05, 0) is 20.3 Å². The Kier molecular flexibility index (Phi) is 2.57. The van der Waals surface area contributed by atoms with Crippen molar-refractivity contribution in [1.82, 2.24) is 0 Å². The fraction of sp³-hybridized carbons (Fsp3) is 0.714. The van der Waals surface area contributed by atoms with Crippen LogP contribution in [-0.2, 0) is 4.79 Å². The second-order valence-corrected chi connectivity index (χ2v) is 2.92. The summed E-state index contributed by atoms with van der Waals surface area (Å²) in [4.78, 5) is 10.9. The molecule has 0 aliphatic rings. The lowest BCUT2D eigenvalue weighted by Gasteiger charge is -2.16. The standard InChI is InChI=1S/C7H13NO2/c1-5-7(2,3)6(9)8(4)10/h4-5H2,1-3H3. The normalized spacial score (nSPS) is 11.1. The zero-order chi connectivity index (χ0) is 8.36. The first-order valence-electron chi connectivity index (χ1n) is 3.24. The van der Waals surface area contributed by atoms with E-state index in [2.05, 4.69) is 6.72 Å². The molecular formula is C7H13NO2. The van der Waals surface area contributed by atoms with Gasteiger partial charge >= 0.3 is 5.91 Å². The topological polar surface area (TPSA) is 43.1 Å². The van der Waals surface area contributed by atoms with Crippen LogP contribution in [0.4, 0.5) is 0 Å². The highest BCUT2D eigenvalue weighted by Gasteiger charge is 2.31. The van der Waals surface area contributed by atoms with Crippen LogP contribution in [0.2, 0.25) is 0 Å². The van der Waals surface area contributed by atoms with Gasteiger partial charge in [0.2, 0.25) is 0 Å². The van der Waals surface area contributed by atoms with Crippen molar-refractivity contribution in [2.24, 2.45) is 5.41 Å². The SMILES string of the molecule is C=[N+]([O-])C(=O)C(C)(C)CC. The molecule has 0 fully saturated rings. The molecule has 0 N–H and O–H groups in total. The largest absolute Gasteiger partial charge is 0.617 e. The summed E-state index contributed by atoms with van der Waals surface area (Å²) in [6.45, 7) is 8.30. The summed E-state index contributed by atoms with van der Waals surface area (Å²) in [5.41, 5.74) is -0.566. The third kappa shape index (κ3) is 1.83. The van der Waals surface area contributed by atoms with Gasteiger partial charge in [0.25, 0.3) is 0 Å². The molecule has 0 saturated carbocycles. The lowest BCUT2D eigenvalue weighted by molar-refractivity contribution is -0.383. The molecule has 0 atom stereocenters. The molecule has 0 saturated heterocycles. The summed E-state index contributed by atoms with van der Waals surface area (Å²) < 4.78 is 0.142. The fourth-order valence-electron chi connectivity index (χ4n) is 0.489. The first-order valence-corrected chi connectivity index (χ1v) is 3.24. The lowest BCUT2D eigenvalue weighted by Crippen LogP contribution is -2.30. The van der Waals surface area contributed by atoms with Crippen molar-refractivity contribution < 1.29 is 9.53 Å². The van der Waals surface area contributed by atoms with Crippen LogP contribution in [0.3, 0.4) is 0 Å². The molecule has 0 aliphatic carbocycles. The number of hydroxylamine groups is 1. The van der Waals surface area contributed by atoms with Crippen LogP contribution in [0.25, 0.3) is 0 Å². The number of rotatable bonds is 2. The van der Waals surface area contributed by atoms with Crippen molar-refractivity contribution in [3.05, 3.63) is 5.21 Å². The number of hydrogen-bond donors (Lipinski definition) is 0. The van der Waals surface area contributed by atoms with Crippen molar-refractivity contribution in [3.8, 4) is 0 Å². The van der Waals surface area contributed by atoms with E-state index in [1.165, 1.54) is 0 Å². The molecule has 58 valence electrons. The zero-order valence-corrected chi connectivity index (χ0v) is 6.68. The lowest BCUT2D eigenvalue weighted by atomic mass is 9.89. The van der Waals surface area contributed by atoms with Crippen LogP contribution in [0.5, 0.6) is 0 Å². The molecule has 10 heavy (non-hydrogen) atoms. The third-order valence-corrected chi connectivity index (χ3v) is 1.69. The van der Waals surface area contributed by atoms with Crippen LogP contribution >= 0.6 is 0 Å². The van der Waals surface area contributed by atoms with E-state index in [-0.39, 0.29) is 4.74 Å². The van der Waals surface area contributed by atoms with Crippen LogP contribution in [0.1, 0.15) is 27.2 Å². The molecule has 0 spiro atoms. The Labute approximate surface area is 60.9 Å². The Balaban J connectivity index is 4.33. The molecule has 0 radical (unpaired) electrons. The van der Waals surface area contributed by atoms with E-state index < -0.39 is 11.3 Å². The summed E-state index contributed by atoms with van der Waals surface area (Å²) >= 11 is 0. The molecule has 0 aromatic rings. The minimum absolute atomic E-state index is 0.142. The van der Waals surface area contributed by atoms with Crippen molar-refractivity contribution >= 4 is 12.6 Å². The summed E-state index contributed by atoms with van der Waals surface area (Å²) in [5.74, 6) is -0.463. The maximum absolute atomic E-state index is 10.9. The maximum atomic E-state index is 10.9. The molecule has 0 heterocycles.